The van der Waals surface area contributed by atoms with Crippen LogP contribution >= 0.6 is 0 Å². The van der Waals surface area contributed by atoms with Crippen molar-refractivity contribution in [3.05, 3.63) is 71.3 Å². The van der Waals surface area contributed by atoms with Crippen molar-refractivity contribution < 1.29 is 73.9 Å². The Morgan fingerprint density at radius 2 is 1.57 bits per heavy atom. The number of rotatable bonds is 3. The molecule has 7 nitrogen and oxygen atoms in total. The fraction of sp³-hybridized carbons (Fsp3) is 0.0526. The molecule has 3 aromatic carbocycles. The Kier molecular flexibility index (Phi) is 5.79. The van der Waals surface area contributed by atoms with Gasteiger partial charge in [-0.15, -0.1) is 0 Å². The summed E-state index contributed by atoms with van der Waals surface area (Å²) < 4.78 is 34.4. The van der Waals surface area contributed by atoms with Gasteiger partial charge in [0.1, 0.15) is 10.1 Å². The molecule has 1 aliphatic rings. The van der Waals surface area contributed by atoms with E-state index in [9.17, 15) is 22.6 Å². The van der Waals surface area contributed by atoms with Crippen molar-refractivity contribution in [2.75, 3.05) is 5.73 Å². The fourth-order valence-electron chi connectivity index (χ4n) is 3.22. The van der Waals surface area contributed by atoms with E-state index >= 15 is 0 Å². The van der Waals surface area contributed by atoms with Gasteiger partial charge in [0.2, 0.25) is 0 Å². The SMILES string of the molecule is Nc1ccc(CN2C(=O)c3cccc4cc(S(=O)(=O)[O-])cc(c34)C2=O)cc1.[K+]. The van der Waals surface area contributed by atoms with Gasteiger partial charge in [-0.1, -0.05) is 24.3 Å². The molecule has 0 saturated carbocycles. The molecule has 0 fully saturated rings. The van der Waals surface area contributed by atoms with Crippen LogP contribution < -0.4 is 57.1 Å². The van der Waals surface area contributed by atoms with Gasteiger partial charge in [0, 0.05) is 22.2 Å². The van der Waals surface area contributed by atoms with Gasteiger partial charge >= 0.3 is 51.4 Å². The van der Waals surface area contributed by atoms with Gasteiger partial charge in [0.05, 0.1) is 11.4 Å². The standard InChI is InChI=1S/C19H14N2O5S.K/c20-13-6-4-11(5-7-13)10-21-18(22)15-3-1-2-12-8-14(27(24,25)26)9-16(17(12)15)19(21)23;/h1-9H,10,20H2,(H,24,25,26);/q;+1/p-1. The van der Waals surface area contributed by atoms with Crippen LogP contribution in [0.4, 0.5) is 5.69 Å². The van der Waals surface area contributed by atoms with Crippen LogP contribution in [0.1, 0.15) is 26.3 Å². The second-order valence-electron chi connectivity index (χ2n) is 6.27. The average molecular weight is 420 g/mol. The number of nitrogens with two attached hydrogens (primary N) is 1. The maximum Gasteiger partial charge on any atom is 1.00 e. The van der Waals surface area contributed by atoms with Crippen molar-refractivity contribution in [1.29, 1.82) is 0 Å². The van der Waals surface area contributed by atoms with Crippen LogP contribution in [0.25, 0.3) is 10.8 Å². The number of anilines is 1. The number of nitrogen functional groups attached to an aromatic ring is 1. The molecule has 2 N–H and O–H groups in total. The molecular weight excluding hydrogens is 407 g/mol. The van der Waals surface area contributed by atoms with Gasteiger partial charge in [-0.05, 0) is 41.3 Å². The number of carbonyl (C=O) groups is 2. The second-order valence-corrected chi connectivity index (χ2v) is 7.65. The largest absolute Gasteiger partial charge is 1.00 e. The molecule has 136 valence electrons. The molecule has 4 rings (SSSR count). The van der Waals surface area contributed by atoms with Crippen molar-refractivity contribution in [3.63, 3.8) is 0 Å². The van der Waals surface area contributed by atoms with Crippen molar-refractivity contribution in [2.24, 2.45) is 0 Å². The zero-order valence-corrected chi connectivity index (χ0v) is 18.8. The van der Waals surface area contributed by atoms with Crippen LogP contribution in [0.2, 0.25) is 0 Å². The van der Waals surface area contributed by atoms with E-state index in [2.05, 4.69) is 0 Å². The Balaban J connectivity index is 0.00000225. The van der Waals surface area contributed by atoms with E-state index in [-0.39, 0.29) is 69.1 Å². The molecule has 3 aromatic rings. The van der Waals surface area contributed by atoms with Gasteiger partial charge in [-0.3, -0.25) is 14.5 Å². The molecule has 0 radical (unpaired) electrons. The summed E-state index contributed by atoms with van der Waals surface area (Å²) in [6, 6.07) is 13.7. The van der Waals surface area contributed by atoms with E-state index in [1.165, 1.54) is 6.07 Å². The molecule has 0 spiro atoms. The van der Waals surface area contributed by atoms with Crippen molar-refractivity contribution in [1.82, 2.24) is 4.90 Å². The third kappa shape index (κ3) is 3.66. The Hall–Kier alpha value is -1.59. The molecule has 0 unspecified atom stereocenters. The topological polar surface area (TPSA) is 121 Å². The van der Waals surface area contributed by atoms with Crippen molar-refractivity contribution >= 4 is 38.4 Å². The summed E-state index contributed by atoms with van der Waals surface area (Å²) in [4.78, 5) is 26.3. The smallest absolute Gasteiger partial charge is 0.744 e. The molecule has 0 saturated heterocycles. The van der Waals surface area contributed by atoms with Crippen molar-refractivity contribution in [3.8, 4) is 0 Å². The first-order chi connectivity index (χ1) is 12.8. The Morgan fingerprint density at radius 1 is 0.929 bits per heavy atom. The number of benzene rings is 3. The summed E-state index contributed by atoms with van der Waals surface area (Å²) in [5, 5.41) is 0.710. The van der Waals surface area contributed by atoms with E-state index in [1.807, 2.05) is 0 Å². The van der Waals surface area contributed by atoms with Gasteiger partial charge < -0.3 is 10.3 Å². The second kappa shape index (κ2) is 7.67. The number of amides is 2. The van der Waals surface area contributed by atoms with E-state index < -0.39 is 26.8 Å². The molecular formula is C19H13KN2O5S. The predicted molar refractivity (Wildman–Crippen MR) is 97.0 cm³/mol. The first-order valence-electron chi connectivity index (χ1n) is 7.99. The minimum absolute atomic E-state index is 0. The van der Waals surface area contributed by atoms with Crippen LogP contribution in [0.15, 0.2) is 59.5 Å². The van der Waals surface area contributed by atoms with Crippen LogP contribution in [0.5, 0.6) is 0 Å². The molecule has 1 heterocycles. The zero-order chi connectivity index (χ0) is 19.3. The van der Waals surface area contributed by atoms with Gasteiger partial charge in [0.25, 0.3) is 11.8 Å². The summed E-state index contributed by atoms with van der Waals surface area (Å²) in [7, 11) is -4.75. The third-order valence-electron chi connectivity index (χ3n) is 4.51. The van der Waals surface area contributed by atoms with E-state index in [0.717, 1.165) is 11.0 Å². The number of hydrogen-bond donors (Lipinski definition) is 1. The first kappa shape index (κ1) is 21.1. The Labute approximate surface area is 203 Å². The van der Waals surface area contributed by atoms with Gasteiger partial charge in [0.15, 0.2) is 0 Å². The number of hydrogen-bond acceptors (Lipinski definition) is 6. The number of carbonyl (C=O) groups excluding carboxylic acids is 2. The maximum absolute atomic E-state index is 12.9. The van der Waals surface area contributed by atoms with Crippen LogP contribution in [0, 0.1) is 0 Å². The molecule has 28 heavy (non-hydrogen) atoms. The van der Waals surface area contributed by atoms with Gasteiger partial charge in [-0.2, -0.15) is 0 Å². The zero-order valence-electron chi connectivity index (χ0n) is 14.9. The van der Waals surface area contributed by atoms with Crippen LogP contribution in [-0.4, -0.2) is 29.7 Å². The fourth-order valence-corrected chi connectivity index (χ4v) is 3.76. The third-order valence-corrected chi connectivity index (χ3v) is 5.32. The average Bonchev–Trinajstić information content (AvgIpc) is 2.63. The summed E-state index contributed by atoms with van der Waals surface area (Å²) in [6.45, 7) is 0.00211. The maximum atomic E-state index is 12.9. The normalized spacial score (nSPS) is 13.5. The van der Waals surface area contributed by atoms with E-state index in [4.69, 9.17) is 5.73 Å². The summed E-state index contributed by atoms with van der Waals surface area (Å²) in [5.41, 5.74) is 7.20. The van der Waals surface area contributed by atoms with E-state index in [1.54, 1.807) is 42.5 Å². The minimum atomic E-state index is -4.75. The quantitative estimate of drug-likeness (QED) is 0.254. The number of nitrogens with zero attached hydrogens (tertiary/aromatic N) is 1. The van der Waals surface area contributed by atoms with Crippen LogP contribution in [0.3, 0.4) is 0 Å². The molecule has 0 bridgehead atoms. The minimum Gasteiger partial charge on any atom is -0.744 e. The van der Waals surface area contributed by atoms with E-state index in [0.29, 0.717) is 22.0 Å². The van der Waals surface area contributed by atoms with Crippen molar-refractivity contribution in [2.45, 2.75) is 11.4 Å². The monoisotopic (exact) mass is 420 g/mol. The molecule has 9 heteroatoms. The summed E-state index contributed by atoms with van der Waals surface area (Å²) in [6.07, 6.45) is 0. The molecule has 0 aliphatic carbocycles. The molecule has 0 atom stereocenters. The molecule has 0 aromatic heterocycles. The Morgan fingerprint density at radius 3 is 2.21 bits per heavy atom. The summed E-state index contributed by atoms with van der Waals surface area (Å²) >= 11 is 0. The molecule has 2 amide bonds. The molecule has 1 aliphatic heterocycles. The van der Waals surface area contributed by atoms with Crippen LogP contribution in [-0.2, 0) is 16.7 Å². The van der Waals surface area contributed by atoms with Gasteiger partial charge in [-0.25, -0.2) is 8.42 Å². The number of imide groups is 1. The Bertz CT molecular complexity index is 1220. The first-order valence-corrected chi connectivity index (χ1v) is 9.40. The summed E-state index contributed by atoms with van der Waals surface area (Å²) in [5.74, 6) is -1.13. The predicted octanol–water partition coefficient (Wildman–Crippen LogP) is -0.874.